The molecule has 6 heteroatoms. The van der Waals surface area contributed by atoms with Crippen molar-refractivity contribution in [3.63, 3.8) is 0 Å². The first kappa shape index (κ1) is 23.0. The number of carbonyl (C=O) groups is 1. The molecule has 0 saturated heterocycles. The molecule has 1 saturated carbocycles. The predicted octanol–water partition coefficient (Wildman–Crippen LogP) is 4.67. The average Bonchev–Trinajstić information content (AvgIpc) is 3.49. The summed E-state index contributed by atoms with van der Waals surface area (Å²) in [6, 6.07) is 3.16. The summed E-state index contributed by atoms with van der Waals surface area (Å²) in [5, 5.41) is 9.55. The summed E-state index contributed by atoms with van der Waals surface area (Å²) in [6.07, 6.45) is 11.6. The average molecular weight is 432 g/mol. The molecular formula is C24H37NO4Si. The van der Waals surface area contributed by atoms with Crippen LogP contribution < -0.4 is 5.56 Å². The van der Waals surface area contributed by atoms with E-state index in [9.17, 15) is 14.7 Å². The summed E-state index contributed by atoms with van der Waals surface area (Å²) in [6.45, 7) is 8.97. The van der Waals surface area contributed by atoms with Crippen molar-refractivity contribution >= 4 is 20.1 Å². The van der Waals surface area contributed by atoms with Crippen LogP contribution in [0.15, 0.2) is 23.1 Å². The predicted molar refractivity (Wildman–Crippen MR) is 124 cm³/mol. The Hall–Kier alpha value is -1.66. The standard InChI is InChI=1S/C24H37NO4Si/c1-30(2,3)15-14-29-13-11-18-6-8-20-10-12-25(23(26)22(20)9-7-18)17-21(24(27)28)16-19-4-5-19/h6,8,10,12,18-19,21H,4-5,7,9,11,13-17H2,1-3H3,(H,27,28). The van der Waals surface area contributed by atoms with Gasteiger partial charge in [-0.2, -0.15) is 0 Å². The van der Waals surface area contributed by atoms with Crippen molar-refractivity contribution in [2.45, 2.75) is 70.8 Å². The summed E-state index contributed by atoms with van der Waals surface area (Å²) in [5.41, 5.74) is 1.78. The number of allylic oxidation sites excluding steroid dienone is 1. The number of hydrogen-bond acceptors (Lipinski definition) is 3. The molecule has 2 aliphatic rings. The Labute approximate surface area is 181 Å². The second kappa shape index (κ2) is 10.1. The van der Waals surface area contributed by atoms with Crippen LogP contribution in [0, 0.1) is 17.8 Å². The van der Waals surface area contributed by atoms with E-state index in [2.05, 4.69) is 31.8 Å². The number of carboxylic acids is 1. The largest absolute Gasteiger partial charge is 0.481 e. The van der Waals surface area contributed by atoms with Crippen molar-refractivity contribution in [2.75, 3.05) is 13.2 Å². The Bertz CT molecular complexity index is 819. The summed E-state index contributed by atoms with van der Waals surface area (Å²) >= 11 is 0. The first-order chi connectivity index (χ1) is 14.2. The number of carboxylic acid groups (broad SMARTS) is 1. The maximum atomic E-state index is 13.0. The van der Waals surface area contributed by atoms with E-state index in [0.717, 1.165) is 56.4 Å². The van der Waals surface area contributed by atoms with Crippen molar-refractivity contribution < 1.29 is 14.6 Å². The zero-order valence-corrected chi connectivity index (χ0v) is 19.7. The summed E-state index contributed by atoms with van der Waals surface area (Å²) in [4.78, 5) is 24.7. The molecule has 0 amide bonds. The van der Waals surface area contributed by atoms with E-state index in [1.807, 2.05) is 6.07 Å². The minimum absolute atomic E-state index is 0.0220. The summed E-state index contributed by atoms with van der Waals surface area (Å²) in [7, 11) is -1.05. The Balaban J connectivity index is 1.56. The highest BCUT2D eigenvalue weighted by molar-refractivity contribution is 6.76. The maximum absolute atomic E-state index is 13.0. The number of aliphatic carboxylic acids is 1. The van der Waals surface area contributed by atoms with Crippen molar-refractivity contribution in [3.05, 3.63) is 39.8 Å². The third-order valence-corrected chi connectivity index (χ3v) is 8.03. The zero-order valence-electron chi connectivity index (χ0n) is 18.7. The highest BCUT2D eigenvalue weighted by Gasteiger charge is 2.30. The monoisotopic (exact) mass is 431 g/mol. The molecule has 0 spiro atoms. The van der Waals surface area contributed by atoms with Gasteiger partial charge in [0.2, 0.25) is 0 Å². The molecule has 166 valence electrons. The summed E-state index contributed by atoms with van der Waals surface area (Å²) < 4.78 is 7.47. The number of fused-ring (bicyclic) bond motifs is 1. The number of pyridine rings is 1. The van der Waals surface area contributed by atoms with Crippen molar-refractivity contribution in [1.82, 2.24) is 4.57 Å². The lowest BCUT2D eigenvalue weighted by Crippen LogP contribution is -2.30. The van der Waals surface area contributed by atoms with Crippen LogP contribution in [0.3, 0.4) is 0 Å². The number of hydrogen-bond donors (Lipinski definition) is 1. The zero-order chi connectivity index (χ0) is 21.7. The Morgan fingerprint density at radius 2 is 2.03 bits per heavy atom. The van der Waals surface area contributed by atoms with Gasteiger partial charge in [-0.15, -0.1) is 0 Å². The van der Waals surface area contributed by atoms with E-state index in [1.54, 1.807) is 10.8 Å². The van der Waals surface area contributed by atoms with E-state index in [1.165, 1.54) is 6.04 Å². The smallest absolute Gasteiger partial charge is 0.308 e. The maximum Gasteiger partial charge on any atom is 0.308 e. The van der Waals surface area contributed by atoms with E-state index < -0.39 is 20.0 Å². The molecule has 1 aromatic heterocycles. The lowest BCUT2D eigenvalue weighted by atomic mass is 9.99. The Morgan fingerprint density at radius 1 is 1.27 bits per heavy atom. The summed E-state index contributed by atoms with van der Waals surface area (Å²) in [5.74, 6) is -0.327. The molecule has 5 nitrogen and oxygen atoms in total. The molecule has 2 aliphatic carbocycles. The lowest BCUT2D eigenvalue weighted by molar-refractivity contribution is -0.142. The van der Waals surface area contributed by atoms with Crippen LogP contribution in [0.1, 0.15) is 43.2 Å². The highest BCUT2D eigenvalue weighted by atomic mass is 28.3. The van der Waals surface area contributed by atoms with E-state index in [4.69, 9.17) is 4.74 Å². The van der Waals surface area contributed by atoms with Crippen molar-refractivity contribution in [1.29, 1.82) is 0 Å². The van der Waals surface area contributed by atoms with Crippen LogP contribution in [0.25, 0.3) is 6.08 Å². The Morgan fingerprint density at radius 3 is 2.70 bits per heavy atom. The topological polar surface area (TPSA) is 68.5 Å². The van der Waals surface area contributed by atoms with Gasteiger partial charge in [0.05, 0.1) is 5.92 Å². The molecule has 0 bridgehead atoms. The fraction of sp³-hybridized carbons (Fsp3) is 0.667. The fourth-order valence-electron chi connectivity index (χ4n) is 4.05. The molecule has 1 fully saturated rings. The quantitative estimate of drug-likeness (QED) is 0.408. The van der Waals surface area contributed by atoms with Crippen molar-refractivity contribution in [2.24, 2.45) is 17.8 Å². The van der Waals surface area contributed by atoms with E-state index >= 15 is 0 Å². The number of ether oxygens (including phenoxy) is 1. The minimum atomic E-state index is -1.05. The van der Waals surface area contributed by atoms with Gasteiger partial charge in [0, 0.05) is 39.6 Å². The first-order valence-electron chi connectivity index (χ1n) is 11.4. The van der Waals surface area contributed by atoms with Gasteiger partial charge in [0.25, 0.3) is 5.56 Å². The molecule has 30 heavy (non-hydrogen) atoms. The minimum Gasteiger partial charge on any atom is -0.481 e. The number of rotatable bonds is 11. The van der Waals surface area contributed by atoms with Crippen LogP contribution in [-0.2, 0) is 22.5 Å². The molecule has 0 radical (unpaired) electrons. The molecule has 0 aromatic carbocycles. The van der Waals surface area contributed by atoms with Crippen LogP contribution >= 0.6 is 0 Å². The van der Waals surface area contributed by atoms with Gasteiger partial charge in [0.1, 0.15) is 0 Å². The normalized spacial score (nSPS) is 19.9. The molecule has 3 rings (SSSR count). The van der Waals surface area contributed by atoms with Gasteiger partial charge in [-0.1, -0.05) is 44.6 Å². The second-order valence-electron chi connectivity index (χ2n) is 10.3. The van der Waals surface area contributed by atoms with Gasteiger partial charge in [-0.25, -0.2) is 0 Å². The van der Waals surface area contributed by atoms with Crippen LogP contribution in [0.2, 0.25) is 25.7 Å². The third-order valence-electron chi connectivity index (χ3n) is 6.33. The molecule has 0 aliphatic heterocycles. The molecular weight excluding hydrogens is 394 g/mol. The highest BCUT2D eigenvalue weighted by Crippen LogP contribution is 2.35. The van der Waals surface area contributed by atoms with Crippen LogP contribution in [0.5, 0.6) is 0 Å². The SMILES string of the molecule is C[Si](C)(C)CCOCCC1C=Cc2ccn(CC(CC3CC3)C(=O)O)c(=O)c2CC1. The van der Waals surface area contributed by atoms with Gasteiger partial charge in [0.15, 0.2) is 0 Å². The van der Waals surface area contributed by atoms with Gasteiger partial charge in [-0.05, 0) is 55.2 Å². The van der Waals surface area contributed by atoms with Gasteiger partial charge < -0.3 is 14.4 Å². The van der Waals surface area contributed by atoms with Gasteiger partial charge in [-0.3, -0.25) is 9.59 Å². The van der Waals surface area contributed by atoms with E-state index in [0.29, 0.717) is 18.3 Å². The molecule has 1 N–H and O–H groups in total. The van der Waals surface area contributed by atoms with Crippen molar-refractivity contribution in [3.8, 4) is 0 Å². The number of aromatic nitrogens is 1. The van der Waals surface area contributed by atoms with Gasteiger partial charge >= 0.3 is 5.97 Å². The lowest BCUT2D eigenvalue weighted by Gasteiger charge is -2.16. The molecule has 2 atom stereocenters. The van der Waals surface area contributed by atoms with E-state index in [-0.39, 0.29) is 12.1 Å². The molecule has 1 heterocycles. The second-order valence-corrected chi connectivity index (χ2v) is 15.9. The van der Waals surface area contributed by atoms with Crippen LogP contribution in [0.4, 0.5) is 0 Å². The fourth-order valence-corrected chi connectivity index (χ4v) is 4.81. The van der Waals surface area contributed by atoms with Crippen LogP contribution in [-0.4, -0.2) is 36.9 Å². The Kier molecular flexibility index (Phi) is 7.74. The number of nitrogens with zero attached hydrogens (tertiary/aromatic N) is 1. The molecule has 1 aromatic rings. The third kappa shape index (κ3) is 6.95. The first-order valence-corrected chi connectivity index (χ1v) is 15.1. The molecule has 2 unspecified atom stereocenters.